The van der Waals surface area contributed by atoms with Gasteiger partial charge < -0.3 is 9.88 Å². The second kappa shape index (κ2) is 5.76. The van der Waals surface area contributed by atoms with E-state index in [1.165, 1.54) is 0 Å². The Morgan fingerprint density at radius 3 is 2.58 bits per heavy atom. The molecule has 1 aromatic heterocycles. The lowest BCUT2D eigenvalue weighted by Crippen LogP contribution is -2.31. The molecule has 0 aliphatic heterocycles. The zero-order valence-corrected chi connectivity index (χ0v) is 11.3. The molecule has 0 saturated carbocycles. The first kappa shape index (κ1) is 13.4. The molecule has 98 valence electrons. The number of H-pyrrole nitrogens is 1. The van der Waals surface area contributed by atoms with E-state index in [2.05, 4.69) is 18.1 Å². The van der Waals surface area contributed by atoms with Gasteiger partial charge in [0.15, 0.2) is 0 Å². The third kappa shape index (κ3) is 2.88. The lowest BCUT2D eigenvalue weighted by molar-refractivity contribution is 0.0786. The quantitative estimate of drug-likeness (QED) is 0.831. The van der Waals surface area contributed by atoms with Crippen LogP contribution in [-0.2, 0) is 0 Å². The highest BCUT2D eigenvalue weighted by Gasteiger charge is 2.15. The first-order chi connectivity index (χ1) is 9.15. The second-order valence-corrected chi connectivity index (χ2v) is 4.64. The lowest BCUT2D eigenvalue weighted by atomic mass is 10.2. The minimum atomic E-state index is -0.0767. The highest BCUT2D eigenvalue weighted by molar-refractivity contribution is 6.31. The maximum Gasteiger partial charge on any atom is 0.270 e. The fourth-order valence-corrected chi connectivity index (χ4v) is 2.12. The topological polar surface area (TPSA) is 36.1 Å². The number of fused-ring (bicyclic) bond motifs is 1. The molecule has 0 spiro atoms. The Bertz CT molecular complexity index is 620. The van der Waals surface area contributed by atoms with E-state index in [1.807, 2.05) is 18.2 Å². The van der Waals surface area contributed by atoms with Gasteiger partial charge in [0.2, 0.25) is 0 Å². The van der Waals surface area contributed by atoms with Crippen LogP contribution in [0.2, 0.25) is 5.02 Å². The lowest BCUT2D eigenvalue weighted by Gasteiger charge is -2.18. The number of hydrogen-bond acceptors (Lipinski definition) is 1. The van der Waals surface area contributed by atoms with Gasteiger partial charge in [0.1, 0.15) is 5.69 Å². The van der Waals surface area contributed by atoms with Crippen molar-refractivity contribution in [3.63, 3.8) is 0 Å². The molecule has 0 aliphatic carbocycles. The molecule has 0 bridgehead atoms. The van der Waals surface area contributed by atoms with Gasteiger partial charge in [0.05, 0.1) is 0 Å². The van der Waals surface area contributed by atoms with Crippen molar-refractivity contribution in [2.75, 3.05) is 13.1 Å². The van der Waals surface area contributed by atoms with Crippen molar-refractivity contribution in [1.82, 2.24) is 9.88 Å². The molecular formula is C15H15ClN2O. The third-order valence-electron chi connectivity index (χ3n) is 2.80. The molecule has 19 heavy (non-hydrogen) atoms. The summed E-state index contributed by atoms with van der Waals surface area (Å²) < 4.78 is 0. The van der Waals surface area contributed by atoms with E-state index >= 15 is 0 Å². The van der Waals surface area contributed by atoms with Crippen LogP contribution in [0, 0.1) is 0 Å². The fraction of sp³-hybridized carbons (Fsp3) is 0.133. The summed E-state index contributed by atoms with van der Waals surface area (Å²) in [6.45, 7) is 8.29. The van der Waals surface area contributed by atoms with Crippen molar-refractivity contribution in [3.05, 3.63) is 60.3 Å². The largest absolute Gasteiger partial charge is 0.351 e. The summed E-state index contributed by atoms with van der Waals surface area (Å²) in [5.74, 6) is -0.0767. The number of amides is 1. The Hall–Kier alpha value is -2.00. The average Bonchev–Trinajstić information content (AvgIpc) is 2.80. The van der Waals surface area contributed by atoms with Crippen molar-refractivity contribution in [2.24, 2.45) is 0 Å². The molecule has 0 saturated heterocycles. The number of carbonyl (C=O) groups is 1. The normalized spacial score (nSPS) is 10.4. The van der Waals surface area contributed by atoms with Crippen LogP contribution in [0.15, 0.2) is 49.6 Å². The molecule has 0 fully saturated rings. The van der Waals surface area contributed by atoms with E-state index in [-0.39, 0.29) is 5.91 Å². The van der Waals surface area contributed by atoms with Crippen LogP contribution in [0.5, 0.6) is 0 Å². The molecule has 0 unspecified atom stereocenters. The molecule has 1 heterocycles. The van der Waals surface area contributed by atoms with Gasteiger partial charge in [-0.05, 0) is 24.3 Å². The van der Waals surface area contributed by atoms with Crippen molar-refractivity contribution in [2.45, 2.75) is 0 Å². The van der Waals surface area contributed by atoms with E-state index in [0.29, 0.717) is 23.8 Å². The predicted molar refractivity (Wildman–Crippen MR) is 79.6 cm³/mol. The molecule has 0 aliphatic rings. The molecule has 4 heteroatoms. The highest BCUT2D eigenvalue weighted by Crippen LogP contribution is 2.20. The number of rotatable bonds is 5. The molecule has 1 aromatic carbocycles. The standard InChI is InChI=1S/C15H15ClN2O/c1-3-7-18(8-4-2)15(19)14-10-11-9-12(16)5-6-13(11)17-14/h3-6,9-10,17H,1-2,7-8H2. The van der Waals surface area contributed by atoms with E-state index < -0.39 is 0 Å². The number of aromatic amines is 1. The van der Waals surface area contributed by atoms with Crippen LogP contribution in [0.4, 0.5) is 0 Å². The van der Waals surface area contributed by atoms with Crippen LogP contribution in [0.25, 0.3) is 10.9 Å². The zero-order chi connectivity index (χ0) is 13.8. The molecule has 1 amide bonds. The molecular weight excluding hydrogens is 260 g/mol. The van der Waals surface area contributed by atoms with Crippen LogP contribution in [0.1, 0.15) is 10.5 Å². The number of aromatic nitrogens is 1. The van der Waals surface area contributed by atoms with Gasteiger partial charge in [0.25, 0.3) is 5.91 Å². The Morgan fingerprint density at radius 1 is 1.26 bits per heavy atom. The molecule has 3 nitrogen and oxygen atoms in total. The number of nitrogens with one attached hydrogen (secondary N) is 1. The van der Waals surface area contributed by atoms with Gasteiger partial charge >= 0.3 is 0 Å². The van der Waals surface area contributed by atoms with Crippen molar-refractivity contribution >= 4 is 28.4 Å². The summed E-state index contributed by atoms with van der Waals surface area (Å²) in [5.41, 5.74) is 1.44. The summed E-state index contributed by atoms with van der Waals surface area (Å²) in [4.78, 5) is 17.1. The van der Waals surface area contributed by atoms with Gasteiger partial charge in [-0.25, -0.2) is 0 Å². The summed E-state index contributed by atoms with van der Waals surface area (Å²) >= 11 is 5.93. The first-order valence-electron chi connectivity index (χ1n) is 5.95. The van der Waals surface area contributed by atoms with Gasteiger partial charge in [-0.3, -0.25) is 4.79 Å². The second-order valence-electron chi connectivity index (χ2n) is 4.20. The fourth-order valence-electron chi connectivity index (χ4n) is 1.94. The summed E-state index contributed by atoms with van der Waals surface area (Å²) in [6, 6.07) is 7.29. The predicted octanol–water partition coefficient (Wildman–Crippen LogP) is 3.64. The van der Waals surface area contributed by atoms with E-state index in [4.69, 9.17) is 11.6 Å². The number of benzene rings is 1. The molecule has 0 atom stereocenters. The monoisotopic (exact) mass is 274 g/mol. The van der Waals surface area contributed by atoms with Crippen LogP contribution < -0.4 is 0 Å². The number of nitrogens with zero attached hydrogens (tertiary/aromatic N) is 1. The van der Waals surface area contributed by atoms with Crippen molar-refractivity contribution in [1.29, 1.82) is 0 Å². The van der Waals surface area contributed by atoms with E-state index in [9.17, 15) is 4.79 Å². The minimum absolute atomic E-state index is 0.0767. The summed E-state index contributed by atoms with van der Waals surface area (Å²) in [6.07, 6.45) is 3.39. The van der Waals surface area contributed by atoms with E-state index in [1.54, 1.807) is 23.1 Å². The number of halogens is 1. The first-order valence-corrected chi connectivity index (χ1v) is 6.33. The maximum atomic E-state index is 12.3. The average molecular weight is 275 g/mol. The van der Waals surface area contributed by atoms with Gasteiger partial charge in [-0.1, -0.05) is 23.8 Å². The Balaban J connectivity index is 2.34. The Labute approximate surface area is 117 Å². The zero-order valence-electron chi connectivity index (χ0n) is 10.5. The van der Waals surface area contributed by atoms with Crippen LogP contribution in [-0.4, -0.2) is 28.9 Å². The van der Waals surface area contributed by atoms with E-state index in [0.717, 1.165) is 10.9 Å². The summed E-state index contributed by atoms with van der Waals surface area (Å²) in [7, 11) is 0. The van der Waals surface area contributed by atoms with Gasteiger partial charge in [-0.2, -0.15) is 0 Å². The highest BCUT2D eigenvalue weighted by atomic mass is 35.5. The maximum absolute atomic E-state index is 12.3. The van der Waals surface area contributed by atoms with Gasteiger partial charge in [-0.15, -0.1) is 13.2 Å². The van der Waals surface area contributed by atoms with Crippen molar-refractivity contribution < 1.29 is 4.79 Å². The molecule has 1 N–H and O–H groups in total. The van der Waals surface area contributed by atoms with Crippen LogP contribution in [0.3, 0.4) is 0 Å². The SMILES string of the molecule is C=CCN(CC=C)C(=O)c1cc2cc(Cl)ccc2[nH]1. The molecule has 2 rings (SSSR count). The smallest absolute Gasteiger partial charge is 0.270 e. The Kier molecular flexibility index (Phi) is 4.07. The van der Waals surface area contributed by atoms with Crippen molar-refractivity contribution in [3.8, 4) is 0 Å². The minimum Gasteiger partial charge on any atom is -0.351 e. The number of hydrogen-bond donors (Lipinski definition) is 1. The van der Waals surface area contributed by atoms with Gasteiger partial charge in [0, 0.05) is 29.0 Å². The Morgan fingerprint density at radius 2 is 1.95 bits per heavy atom. The molecule has 2 aromatic rings. The molecule has 0 radical (unpaired) electrons. The summed E-state index contributed by atoms with van der Waals surface area (Å²) in [5, 5.41) is 1.58. The third-order valence-corrected chi connectivity index (χ3v) is 3.03. The number of carbonyl (C=O) groups excluding carboxylic acids is 1. The van der Waals surface area contributed by atoms with Crippen LogP contribution >= 0.6 is 11.6 Å².